The number of aryl methyl sites for hydroxylation is 1. The first-order chi connectivity index (χ1) is 18.0. The van der Waals surface area contributed by atoms with Gasteiger partial charge < -0.3 is 19.6 Å². The van der Waals surface area contributed by atoms with Crippen molar-refractivity contribution in [2.24, 2.45) is 0 Å². The average molecular weight is 513 g/mol. The van der Waals surface area contributed by atoms with Gasteiger partial charge in [0, 0.05) is 56.9 Å². The van der Waals surface area contributed by atoms with E-state index < -0.39 is 5.54 Å². The molecule has 3 saturated heterocycles. The summed E-state index contributed by atoms with van der Waals surface area (Å²) in [7, 11) is 1.51. The van der Waals surface area contributed by atoms with Gasteiger partial charge in [-0.15, -0.1) is 0 Å². The first-order valence-electron chi connectivity index (χ1n) is 13.2. The molecule has 4 heterocycles. The number of hydrogen-bond acceptors (Lipinski definition) is 7. The molecule has 2 amide bonds. The number of nitrogens with one attached hydrogen (secondary N) is 2. The van der Waals surface area contributed by atoms with E-state index in [1.165, 1.54) is 24.8 Å². The SMILES string of the molecule is CCc1nc(N2CC3(CCN(CCO)CC3)N(Cc3cc(F)cc(OC)c3)C2=O)ccc1C1CNNC1. The molecule has 0 bridgehead atoms. The fourth-order valence-corrected chi connectivity index (χ4v) is 5.97. The summed E-state index contributed by atoms with van der Waals surface area (Å²) in [6.45, 7) is 6.96. The van der Waals surface area contributed by atoms with Crippen LogP contribution in [0.25, 0.3) is 0 Å². The molecule has 0 atom stereocenters. The van der Waals surface area contributed by atoms with E-state index in [2.05, 4.69) is 28.7 Å². The molecule has 3 fully saturated rings. The predicted molar refractivity (Wildman–Crippen MR) is 139 cm³/mol. The summed E-state index contributed by atoms with van der Waals surface area (Å²) in [4.78, 5) is 24.9. The van der Waals surface area contributed by atoms with Crippen molar-refractivity contribution in [3.8, 4) is 5.75 Å². The molecule has 0 aliphatic carbocycles. The number of β-amino-alcohol motifs (C(OH)–C–C–N with tert-alkyl or cyclic N) is 1. The van der Waals surface area contributed by atoms with Crippen molar-refractivity contribution < 1.29 is 19.0 Å². The van der Waals surface area contributed by atoms with Gasteiger partial charge in [-0.2, -0.15) is 0 Å². The van der Waals surface area contributed by atoms with Gasteiger partial charge in [0.2, 0.25) is 0 Å². The number of carbonyl (C=O) groups is 1. The monoisotopic (exact) mass is 512 g/mol. The molecule has 1 spiro atoms. The molecule has 1 aromatic carbocycles. The number of ether oxygens (including phenoxy) is 1. The number of nitrogens with zero attached hydrogens (tertiary/aromatic N) is 4. The number of methoxy groups -OCH3 is 1. The molecule has 9 nitrogen and oxygen atoms in total. The fourth-order valence-electron chi connectivity index (χ4n) is 5.97. The number of urea groups is 1. The molecule has 3 N–H and O–H groups in total. The Morgan fingerprint density at radius 1 is 1.19 bits per heavy atom. The molecule has 10 heteroatoms. The largest absolute Gasteiger partial charge is 0.497 e. The number of anilines is 1. The Kier molecular flexibility index (Phi) is 7.62. The van der Waals surface area contributed by atoms with Crippen molar-refractivity contribution >= 4 is 11.8 Å². The number of halogens is 1. The Morgan fingerprint density at radius 2 is 1.95 bits per heavy atom. The van der Waals surface area contributed by atoms with Gasteiger partial charge in [0.15, 0.2) is 0 Å². The third kappa shape index (κ3) is 5.16. The van der Waals surface area contributed by atoms with Crippen LogP contribution in [0.3, 0.4) is 0 Å². The zero-order valence-corrected chi connectivity index (χ0v) is 21.7. The number of amides is 2. The molecule has 0 unspecified atom stereocenters. The van der Waals surface area contributed by atoms with E-state index in [0.717, 1.165) is 51.1 Å². The summed E-state index contributed by atoms with van der Waals surface area (Å²) >= 11 is 0. The number of pyridine rings is 1. The highest BCUT2D eigenvalue weighted by atomic mass is 19.1. The molecular formula is C27H37FN6O3. The van der Waals surface area contributed by atoms with Crippen molar-refractivity contribution in [2.75, 3.05) is 57.9 Å². The van der Waals surface area contributed by atoms with Crippen molar-refractivity contribution in [1.82, 2.24) is 25.6 Å². The van der Waals surface area contributed by atoms with Crippen LogP contribution < -0.4 is 20.5 Å². The maximum Gasteiger partial charge on any atom is 0.326 e. The van der Waals surface area contributed by atoms with Gasteiger partial charge in [0.1, 0.15) is 17.4 Å². The second kappa shape index (κ2) is 10.9. The molecule has 0 radical (unpaired) electrons. The van der Waals surface area contributed by atoms with Crippen LogP contribution in [-0.4, -0.2) is 84.4 Å². The van der Waals surface area contributed by atoms with E-state index in [9.17, 15) is 14.3 Å². The number of piperidine rings is 1. The van der Waals surface area contributed by atoms with Crippen molar-refractivity contribution in [3.05, 3.63) is 53.0 Å². The smallest absolute Gasteiger partial charge is 0.326 e. The Morgan fingerprint density at radius 3 is 2.62 bits per heavy atom. The predicted octanol–water partition coefficient (Wildman–Crippen LogP) is 2.25. The number of likely N-dealkylation sites (tertiary alicyclic amines) is 1. The average Bonchev–Trinajstić information content (AvgIpc) is 3.53. The van der Waals surface area contributed by atoms with Crippen molar-refractivity contribution in [1.29, 1.82) is 0 Å². The first kappa shape index (κ1) is 25.8. The van der Waals surface area contributed by atoms with Gasteiger partial charge in [-0.1, -0.05) is 13.0 Å². The lowest BCUT2D eigenvalue weighted by Gasteiger charge is -2.43. The molecular weight excluding hydrogens is 475 g/mol. The minimum atomic E-state index is -0.394. The number of carbonyl (C=O) groups excluding carboxylic acids is 1. The quantitative estimate of drug-likeness (QED) is 0.500. The highest BCUT2D eigenvalue weighted by Crippen LogP contribution is 2.39. The normalized spacial score (nSPS) is 20.4. The van der Waals surface area contributed by atoms with Gasteiger partial charge in [-0.25, -0.2) is 14.2 Å². The van der Waals surface area contributed by atoms with Gasteiger partial charge in [0.05, 0.1) is 25.8 Å². The fraction of sp³-hybridized carbons (Fsp3) is 0.556. The van der Waals surface area contributed by atoms with Gasteiger partial charge in [0.25, 0.3) is 0 Å². The summed E-state index contributed by atoms with van der Waals surface area (Å²) in [6, 6.07) is 8.58. The number of benzene rings is 1. The van der Waals surface area contributed by atoms with Gasteiger partial charge in [-0.05, 0) is 48.6 Å². The van der Waals surface area contributed by atoms with Crippen LogP contribution in [0.15, 0.2) is 30.3 Å². The van der Waals surface area contributed by atoms with Crippen molar-refractivity contribution in [3.63, 3.8) is 0 Å². The van der Waals surface area contributed by atoms with E-state index in [1.807, 2.05) is 11.0 Å². The Hall–Kier alpha value is -2.79. The molecule has 3 aliphatic rings. The standard InChI is InChI=1S/C27H37FN6O3/c1-3-24-23(20-15-29-30-16-20)4-5-25(31-24)33-18-27(6-8-32(9-7-27)10-11-35)34(26(33)36)17-19-12-21(28)14-22(13-19)37-2/h4-5,12-14,20,29-30,35H,3,6-11,15-18H2,1-2H3. The van der Waals surface area contributed by atoms with Crippen LogP contribution in [0.2, 0.25) is 0 Å². The lowest BCUT2D eigenvalue weighted by atomic mass is 9.86. The number of aliphatic hydroxyl groups is 1. The summed E-state index contributed by atoms with van der Waals surface area (Å²) in [5, 5.41) is 9.40. The summed E-state index contributed by atoms with van der Waals surface area (Å²) < 4.78 is 19.6. The third-order valence-corrected chi connectivity index (χ3v) is 8.07. The van der Waals surface area contributed by atoms with E-state index >= 15 is 0 Å². The highest BCUT2D eigenvalue weighted by Gasteiger charge is 2.51. The van der Waals surface area contributed by atoms with Crippen LogP contribution in [0.4, 0.5) is 15.0 Å². The molecule has 3 aliphatic heterocycles. The van der Waals surface area contributed by atoms with Crippen LogP contribution in [0.1, 0.15) is 42.5 Å². The summed E-state index contributed by atoms with van der Waals surface area (Å²) in [5.74, 6) is 1.07. The minimum Gasteiger partial charge on any atom is -0.497 e. The zero-order valence-electron chi connectivity index (χ0n) is 21.7. The maximum atomic E-state index is 14.3. The van der Waals surface area contributed by atoms with Gasteiger partial charge in [-0.3, -0.25) is 15.8 Å². The second-order valence-corrected chi connectivity index (χ2v) is 10.3. The number of hydrazine groups is 1. The Balaban J connectivity index is 1.46. The zero-order chi connectivity index (χ0) is 26.0. The second-order valence-electron chi connectivity index (χ2n) is 10.3. The lowest BCUT2D eigenvalue weighted by Crippen LogP contribution is -2.54. The topological polar surface area (TPSA) is 93.2 Å². The van der Waals surface area contributed by atoms with E-state index in [0.29, 0.717) is 42.7 Å². The van der Waals surface area contributed by atoms with Crippen LogP contribution in [-0.2, 0) is 13.0 Å². The molecule has 5 rings (SSSR count). The van der Waals surface area contributed by atoms with Crippen LogP contribution in [0.5, 0.6) is 5.75 Å². The summed E-state index contributed by atoms with van der Waals surface area (Å²) in [5.41, 5.74) is 8.91. The van der Waals surface area contributed by atoms with Crippen molar-refractivity contribution in [2.45, 2.75) is 44.2 Å². The number of aliphatic hydroxyl groups excluding tert-OH is 1. The maximum absolute atomic E-state index is 14.3. The van der Waals surface area contributed by atoms with Crippen LogP contribution in [0, 0.1) is 5.82 Å². The first-order valence-corrected chi connectivity index (χ1v) is 13.2. The number of hydrogen-bond donors (Lipinski definition) is 3. The number of rotatable bonds is 8. The third-order valence-electron chi connectivity index (χ3n) is 8.07. The minimum absolute atomic E-state index is 0.106. The molecule has 37 heavy (non-hydrogen) atoms. The van der Waals surface area contributed by atoms with Gasteiger partial charge >= 0.3 is 6.03 Å². The van der Waals surface area contributed by atoms with E-state index in [1.54, 1.807) is 11.0 Å². The number of aromatic nitrogens is 1. The molecule has 1 aromatic heterocycles. The van der Waals surface area contributed by atoms with Crippen LogP contribution >= 0.6 is 0 Å². The highest BCUT2D eigenvalue weighted by molar-refractivity contribution is 5.94. The Labute approximate surface area is 217 Å². The summed E-state index contributed by atoms with van der Waals surface area (Å²) in [6.07, 6.45) is 2.34. The van der Waals surface area contributed by atoms with E-state index in [4.69, 9.17) is 9.72 Å². The van der Waals surface area contributed by atoms with E-state index in [-0.39, 0.29) is 18.5 Å². The lowest BCUT2D eigenvalue weighted by molar-refractivity contribution is 0.0640. The molecule has 200 valence electrons. The molecule has 0 saturated carbocycles. The Bertz CT molecular complexity index is 1120. The molecule has 2 aromatic rings.